The van der Waals surface area contributed by atoms with Gasteiger partial charge in [0, 0.05) is 28.7 Å². The molecule has 0 fully saturated rings. The third kappa shape index (κ3) is 3.50. The fraction of sp³-hybridized carbons (Fsp3) is 0.250. The van der Waals surface area contributed by atoms with Crippen molar-refractivity contribution in [3.8, 4) is 5.75 Å². The third-order valence-corrected chi connectivity index (χ3v) is 3.45. The molecule has 0 saturated heterocycles. The molecule has 4 heteroatoms. The highest BCUT2D eigenvalue weighted by Gasteiger charge is 2.11. The van der Waals surface area contributed by atoms with Gasteiger partial charge < -0.3 is 10.1 Å². The van der Waals surface area contributed by atoms with E-state index >= 15 is 0 Å². The van der Waals surface area contributed by atoms with Gasteiger partial charge in [-0.25, -0.2) is 4.39 Å². The summed E-state index contributed by atoms with van der Waals surface area (Å²) in [5.41, 5.74) is 1.59. The maximum atomic E-state index is 13.7. The van der Waals surface area contributed by atoms with Crippen LogP contribution in [0.25, 0.3) is 0 Å². The topological polar surface area (TPSA) is 21.3 Å². The maximum Gasteiger partial charge on any atom is 0.127 e. The fourth-order valence-corrected chi connectivity index (χ4v) is 2.28. The SMILES string of the molecule is COc1ccc(Cl)cc1CN[C@H](C)c1ccccc1F. The van der Waals surface area contributed by atoms with E-state index in [1.165, 1.54) is 6.07 Å². The first-order valence-electron chi connectivity index (χ1n) is 6.42. The van der Waals surface area contributed by atoms with Gasteiger partial charge in [0.25, 0.3) is 0 Å². The van der Waals surface area contributed by atoms with Crippen LogP contribution in [0.15, 0.2) is 42.5 Å². The number of hydrogen-bond acceptors (Lipinski definition) is 2. The van der Waals surface area contributed by atoms with Gasteiger partial charge in [-0.05, 0) is 31.2 Å². The zero-order chi connectivity index (χ0) is 14.5. The Labute approximate surface area is 123 Å². The van der Waals surface area contributed by atoms with Crippen molar-refractivity contribution < 1.29 is 9.13 Å². The molecule has 2 rings (SSSR count). The molecule has 0 aliphatic carbocycles. The van der Waals surface area contributed by atoms with Crippen molar-refractivity contribution in [1.82, 2.24) is 5.32 Å². The highest BCUT2D eigenvalue weighted by molar-refractivity contribution is 6.30. The molecular weight excluding hydrogens is 277 g/mol. The lowest BCUT2D eigenvalue weighted by molar-refractivity contribution is 0.405. The molecule has 2 nitrogen and oxygen atoms in total. The molecule has 1 atom stereocenters. The number of halogens is 2. The second-order valence-corrected chi connectivity index (χ2v) is 5.02. The lowest BCUT2D eigenvalue weighted by Crippen LogP contribution is -2.19. The van der Waals surface area contributed by atoms with Gasteiger partial charge in [-0.3, -0.25) is 0 Å². The Morgan fingerprint density at radius 1 is 1.25 bits per heavy atom. The van der Waals surface area contributed by atoms with Crippen LogP contribution >= 0.6 is 11.6 Å². The van der Waals surface area contributed by atoms with Crippen LogP contribution in [-0.2, 0) is 6.54 Å². The van der Waals surface area contributed by atoms with Gasteiger partial charge >= 0.3 is 0 Å². The molecule has 0 radical (unpaired) electrons. The van der Waals surface area contributed by atoms with Crippen LogP contribution in [0.5, 0.6) is 5.75 Å². The maximum absolute atomic E-state index is 13.7. The van der Waals surface area contributed by atoms with E-state index in [1.54, 1.807) is 25.3 Å². The summed E-state index contributed by atoms with van der Waals surface area (Å²) < 4.78 is 19.0. The summed E-state index contributed by atoms with van der Waals surface area (Å²) in [5, 5.41) is 3.93. The molecule has 20 heavy (non-hydrogen) atoms. The van der Waals surface area contributed by atoms with Gasteiger partial charge in [-0.1, -0.05) is 29.8 Å². The Hall–Kier alpha value is -1.58. The number of benzene rings is 2. The van der Waals surface area contributed by atoms with Crippen LogP contribution in [-0.4, -0.2) is 7.11 Å². The van der Waals surface area contributed by atoms with Crippen LogP contribution in [0.2, 0.25) is 5.02 Å². The predicted octanol–water partition coefficient (Wildman–Crippen LogP) is 4.34. The first-order valence-corrected chi connectivity index (χ1v) is 6.80. The highest BCUT2D eigenvalue weighted by Crippen LogP contribution is 2.24. The van der Waals surface area contributed by atoms with Crippen LogP contribution < -0.4 is 10.1 Å². The van der Waals surface area contributed by atoms with Gasteiger partial charge in [0.15, 0.2) is 0 Å². The van der Waals surface area contributed by atoms with Crippen LogP contribution in [0.3, 0.4) is 0 Å². The van der Waals surface area contributed by atoms with Gasteiger partial charge in [0.2, 0.25) is 0 Å². The number of rotatable bonds is 5. The summed E-state index contributed by atoms with van der Waals surface area (Å²) in [7, 11) is 1.62. The van der Waals surface area contributed by atoms with Crippen LogP contribution in [0, 0.1) is 5.82 Å². The van der Waals surface area contributed by atoms with Crippen molar-refractivity contribution in [3.63, 3.8) is 0 Å². The standard InChI is InChI=1S/C16H17ClFNO/c1-11(14-5-3-4-6-15(14)18)19-10-12-9-13(17)7-8-16(12)20-2/h3-9,11,19H,10H2,1-2H3/t11-/m1/s1. The molecule has 0 aromatic heterocycles. The Morgan fingerprint density at radius 2 is 2.00 bits per heavy atom. The molecule has 2 aromatic rings. The fourth-order valence-electron chi connectivity index (χ4n) is 2.08. The number of ether oxygens (including phenoxy) is 1. The molecule has 106 valence electrons. The Balaban J connectivity index is 2.09. The zero-order valence-corrected chi connectivity index (χ0v) is 12.2. The minimum Gasteiger partial charge on any atom is -0.496 e. The second kappa shape index (κ2) is 6.73. The van der Waals surface area contributed by atoms with Crippen molar-refractivity contribution in [2.24, 2.45) is 0 Å². The summed E-state index contributed by atoms with van der Waals surface area (Å²) in [6.45, 7) is 2.48. The van der Waals surface area contributed by atoms with E-state index in [1.807, 2.05) is 25.1 Å². The van der Waals surface area contributed by atoms with Crippen molar-refractivity contribution in [2.45, 2.75) is 19.5 Å². The largest absolute Gasteiger partial charge is 0.496 e. The number of hydrogen-bond donors (Lipinski definition) is 1. The van der Waals surface area contributed by atoms with E-state index in [4.69, 9.17) is 16.3 Å². The zero-order valence-electron chi connectivity index (χ0n) is 11.5. The first-order chi connectivity index (χ1) is 9.61. The average molecular weight is 294 g/mol. The van der Waals surface area contributed by atoms with E-state index in [9.17, 15) is 4.39 Å². The quantitative estimate of drug-likeness (QED) is 0.885. The Bertz CT molecular complexity index is 588. The van der Waals surface area contributed by atoms with Gasteiger partial charge in [-0.2, -0.15) is 0 Å². The predicted molar refractivity (Wildman–Crippen MR) is 79.7 cm³/mol. The highest BCUT2D eigenvalue weighted by atomic mass is 35.5. The Kier molecular flexibility index (Phi) is 4.99. The van der Waals surface area contributed by atoms with Crippen molar-refractivity contribution in [2.75, 3.05) is 7.11 Å². The second-order valence-electron chi connectivity index (χ2n) is 4.58. The minimum atomic E-state index is -0.203. The molecule has 0 amide bonds. The van der Waals surface area contributed by atoms with Crippen molar-refractivity contribution >= 4 is 11.6 Å². The molecule has 0 saturated carbocycles. The minimum absolute atomic E-state index is 0.0973. The molecule has 0 aliphatic heterocycles. The summed E-state index contributed by atoms with van der Waals surface area (Å²) in [5.74, 6) is 0.563. The molecule has 1 N–H and O–H groups in total. The lowest BCUT2D eigenvalue weighted by Gasteiger charge is -2.16. The Morgan fingerprint density at radius 3 is 2.70 bits per heavy atom. The van der Waals surface area contributed by atoms with E-state index in [0.717, 1.165) is 11.3 Å². The third-order valence-electron chi connectivity index (χ3n) is 3.21. The molecule has 0 unspecified atom stereocenters. The molecule has 2 aromatic carbocycles. The number of nitrogens with one attached hydrogen (secondary N) is 1. The normalized spacial score (nSPS) is 12.2. The van der Waals surface area contributed by atoms with E-state index in [2.05, 4.69) is 5.32 Å². The van der Waals surface area contributed by atoms with E-state index < -0.39 is 0 Å². The summed E-state index contributed by atoms with van der Waals surface area (Å²) in [6.07, 6.45) is 0. The molecular formula is C16H17ClFNO. The van der Waals surface area contributed by atoms with Gasteiger partial charge in [0.05, 0.1) is 7.11 Å². The average Bonchev–Trinajstić information content (AvgIpc) is 2.45. The summed E-state index contributed by atoms with van der Waals surface area (Å²) in [6, 6.07) is 12.1. The van der Waals surface area contributed by atoms with Crippen molar-refractivity contribution in [1.29, 1.82) is 0 Å². The summed E-state index contributed by atoms with van der Waals surface area (Å²) >= 11 is 5.99. The van der Waals surface area contributed by atoms with Crippen LogP contribution in [0.4, 0.5) is 4.39 Å². The molecule has 0 bridgehead atoms. The molecule has 0 heterocycles. The lowest BCUT2D eigenvalue weighted by atomic mass is 10.1. The molecule has 0 spiro atoms. The monoisotopic (exact) mass is 293 g/mol. The van der Waals surface area contributed by atoms with Crippen molar-refractivity contribution in [3.05, 3.63) is 64.4 Å². The van der Waals surface area contributed by atoms with Crippen LogP contribution in [0.1, 0.15) is 24.1 Å². The first kappa shape index (κ1) is 14.8. The molecule has 0 aliphatic rings. The van der Waals surface area contributed by atoms with Gasteiger partial charge in [0.1, 0.15) is 11.6 Å². The van der Waals surface area contributed by atoms with E-state index in [-0.39, 0.29) is 11.9 Å². The summed E-state index contributed by atoms with van der Waals surface area (Å²) in [4.78, 5) is 0. The smallest absolute Gasteiger partial charge is 0.127 e. The van der Waals surface area contributed by atoms with Gasteiger partial charge in [-0.15, -0.1) is 0 Å². The number of methoxy groups -OCH3 is 1. The van der Waals surface area contributed by atoms with E-state index in [0.29, 0.717) is 17.1 Å².